The molecule has 1 N–H and O–H groups in total. The number of nitrogens with one attached hydrogen (secondary N) is 1. The summed E-state index contributed by atoms with van der Waals surface area (Å²) in [6, 6.07) is 8.47. The minimum absolute atomic E-state index is 0.0797. The number of nitrogens with zero attached hydrogens (tertiary/aromatic N) is 2. The van der Waals surface area contributed by atoms with E-state index in [9.17, 15) is 0 Å². The molecule has 0 radical (unpaired) electrons. The van der Waals surface area contributed by atoms with Gasteiger partial charge in [-0.3, -0.25) is 4.68 Å². The minimum Gasteiger partial charge on any atom is -0.489 e. The lowest BCUT2D eigenvalue weighted by molar-refractivity contribution is 0.0986. The largest absolute Gasteiger partial charge is 0.489 e. The summed E-state index contributed by atoms with van der Waals surface area (Å²) in [6.45, 7) is 4.34. The molecule has 0 bridgehead atoms. The standard InChI is InChI=1S/C19H23N3O2/c1-13-16(11-21-22(13)2)19-17(7-8-23-19)20-10-14-9-15-5-3-4-6-18(15)24-12-14/h3-6,9,11,17,19-20H,7-8,10,12H2,1-2H3/t17-,19+/m0/s1. The van der Waals surface area contributed by atoms with Crippen molar-refractivity contribution in [2.45, 2.75) is 25.5 Å². The number of benzene rings is 1. The number of hydrogen-bond acceptors (Lipinski definition) is 4. The number of fused-ring (bicyclic) bond motifs is 1. The molecule has 1 fully saturated rings. The summed E-state index contributed by atoms with van der Waals surface area (Å²) in [5.74, 6) is 0.967. The Morgan fingerprint density at radius 1 is 1.33 bits per heavy atom. The van der Waals surface area contributed by atoms with Crippen LogP contribution >= 0.6 is 0 Å². The molecule has 1 aromatic carbocycles. The molecule has 0 spiro atoms. The van der Waals surface area contributed by atoms with E-state index in [0.717, 1.165) is 30.9 Å². The predicted molar refractivity (Wildman–Crippen MR) is 93.0 cm³/mol. The minimum atomic E-state index is 0.0797. The molecule has 5 heteroatoms. The van der Waals surface area contributed by atoms with Gasteiger partial charge >= 0.3 is 0 Å². The number of rotatable bonds is 4. The van der Waals surface area contributed by atoms with Crippen molar-refractivity contribution in [1.82, 2.24) is 15.1 Å². The first kappa shape index (κ1) is 15.4. The molecule has 126 valence electrons. The van der Waals surface area contributed by atoms with Gasteiger partial charge in [0.05, 0.1) is 6.20 Å². The average Bonchev–Trinajstić information content (AvgIpc) is 3.20. The van der Waals surface area contributed by atoms with Gasteiger partial charge in [-0.25, -0.2) is 0 Å². The zero-order chi connectivity index (χ0) is 16.5. The van der Waals surface area contributed by atoms with Gasteiger partial charge in [-0.05, 0) is 31.1 Å². The Bertz CT molecular complexity index is 766. The van der Waals surface area contributed by atoms with Gasteiger partial charge in [0.1, 0.15) is 18.5 Å². The Morgan fingerprint density at radius 2 is 2.21 bits per heavy atom. The Hall–Kier alpha value is -2.11. The topological polar surface area (TPSA) is 48.3 Å². The predicted octanol–water partition coefficient (Wildman–Crippen LogP) is 2.62. The van der Waals surface area contributed by atoms with E-state index in [1.165, 1.54) is 16.8 Å². The van der Waals surface area contributed by atoms with Crippen LogP contribution < -0.4 is 10.1 Å². The van der Waals surface area contributed by atoms with Crippen molar-refractivity contribution in [1.29, 1.82) is 0 Å². The fraction of sp³-hybridized carbons (Fsp3) is 0.421. The van der Waals surface area contributed by atoms with E-state index in [2.05, 4.69) is 29.5 Å². The van der Waals surface area contributed by atoms with Crippen molar-refractivity contribution >= 4 is 6.08 Å². The molecule has 0 unspecified atom stereocenters. The summed E-state index contributed by atoms with van der Waals surface area (Å²) in [5.41, 5.74) is 4.78. The van der Waals surface area contributed by atoms with Crippen molar-refractivity contribution in [2.24, 2.45) is 7.05 Å². The van der Waals surface area contributed by atoms with Crippen LogP contribution in [0.3, 0.4) is 0 Å². The van der Waals surface area contributed by atoms with E-state index in [1.54, 1.807) is 0 Å². The fourth-order valence-corrected chi connectivity index (χ4v) is 3.43. The first-order chi connectivity index (χ1) is 11.7. The van der Waals surface area contributed by atoms with Crippen LogP contribution in [0.4, 0.5) is 0 Å². The van der Waals surface area contributed by atoms with Gasteiger partial charge in [0.2, 0.25) is 0 Å². The molecule has 0 amide bonds. The third-order valence-corrected chi connectivity index (χ3v) is 4.95. The van der Waals surface area contributed by atoms with Crippen molar-refractivity contribution in [3.63, 3.8) is 0 Å². The first-order valence-corrected chi connectivity index (χ1v) is 8.47. The maximum Gasteiger partial charge on any atom is 0.127 e. The molecule has 1 saturated heterocycles. The van der Waals surface area contributed by atoms with E-state index in [4.69, 9.17) is 9.47 Å². The van der Waals surface area contributed by atoms with Gasteiger partial charge in [-0.15, -0.1) is 0 Å². The molecule has 2 aliphatic heterocycles. The zero-order valence-corrected chi connectivity index (χ0v) is 14.2. The van der Waals surface area contributed by atoms with Crippen LogP contribution in [0.15, 0.2) is 36.0 Å². The molecule has 24 heavy (non-hydrogen) atoms. The van der Waals surface area contributed by atoms with Gasteiger partial charge in [-0.1, -0.05) is 18.2 Å². The molecule has 5 nitrogen and oxygen atoms in total. The molecule has 3 heterocycles. The van der Waals surface area contributed by atoms with Crippen molar-refractivity contribution in [2.75, 3.05) is 19.8 Å². The highest BCUT2D eigenvalue weighted by Crippen LogP contribution is 2.31. The molecule has 2 aliphatic rings. The second-order valence-corrected chi connectivity index (χ2v) is 6.51. The third kappa shape index (κ3) is 2.85. The SMILES string of the molecule is Cc1c([C@H]2OCC[C@@H]2NCC2=Cc3ccccc3OC2)cnn1C. The highest BCUT2D eigenvalue weighted by molar-refractivity contribution is 5.62. The lowest BCUT2D eigenvalue weighted by Gasteiger charge is -2.23. The van der Waals surface area contributed by atoms with Gasteiger partial charge in [0, 0.05) is 43.1 Å². The summed E-state index contributed by atoms with van der Waals surface area (Å²) in [4.78, 5) is 0. The summed E-state index contributed by atoms with van der Waals surface area (Å²) in [6.07, 6.45) is 5.26. The second kappa shape index (κ2) is 6.42. The number of hydrogen-bond donors (Lipinski definition) is 1. The number of aromatic nitrogens is 2. The normalized spacial score (nSPS) is 22.8. The van der Waals surface area contributed by atoms with Gasteiger partial charge in [-0.2, -0.15) is 5.10 Å². The second-order valence-electron chi connectivity index (χ2n) is 6.51. The van der Waals surface area contributed by atoms with Gasteiger partial charge in [0.15, 0.2) is 0 Å². The van der Waals surface area contributed by atoms with E-state index in [0.29, 0.717) is 12.6 Å². The van der Waals surface area contributed by atoms with E-state index < -0.39 is 0 Å². The van der Waals surface area contributed by atoms with Crippen molar-refractivity contribution in [3.8, 4) is 5.75 Å². The summed E-state index contributed by atoms with van der Waals surface area (Å²) < 4.78 is 13.7. The molecule has 0 saturated carbocycles. The van der Waals surface area contributed by atoms with Gasteiger partial charge in [0.25, 0.3) is 0 Å². The summed E-state index contributed by atoms with van der Waals surface area (Å²) >= 11 is 0. The monoisotopic (exact) mass is 325 g/mol. The van der Waals surface area contributed by atoms with E-state index in [-0.39, 0.29) is 6.10 Å². The number of ether oxygens (including phenoxy) is 2. The Balaban J connectivity index is 1.44. The quantitative estimate of drug-likeness (QED) is 0.939. The van der Waals surface area contributed by atoms with E-state index in [1.807, 2.05) is 36.1 Å². The van der Waals surface area contributed by atoms with Crippen LogP contribution in [-0.2, 0) is 11.8 Å². The molecule has 2 atom stereocenters. The zero-order valence-electron chi connectivity index (χ0n) is 14.2. The van der Waals surface area contributed by atoms with Crippen LogP contribution in [0, 0.1) is 6.92 Å². The van der Waals surface area contributed by atoms with E-state index >= 15 is 0 Å². The molecular formula is C19H23N3O2. The van der Waals surface area contributed by atoms with Crippen LogP contribution in [0.2, 0.25) is 0 Å². The molecule has 4 rings (SSSR count). The number of para-hydroxylation sites is 1. The lowest BCUT2D eigenvalue weighted by atomic mass is 10.0. The Morgan fingerprint density at radius 3 is 3.04 bits per heavy atom. The maximum absolute atomic E-state index is 5.98. The smallest absolute Gasteiger partial charge is 0.127 e. The van der Waals surface area contributed by atoms with Crippen molar-refractivity contribution in [3.05, 3.63) is 52.9 Å². The number of aryl methyl sites for hydroxylation is 1. The van der Waals surface area contributed by atoms with Crippen molar-refractivity contribution < 1.29 is 9.47 Å². The average molecular weight is 325 g/mol. The first-order valence-electron chi connectivity index (χ1n) is 8.47. The molecule has 1 aromatic heterocycles. The van der Waals surface area contributed by atoms with Crippen LogP contribution in [0.1, 0.15) is 29.3 Å². The third-order valence-electron chi connectivity index (χ3n) is 4.95. The molecule has 2 aromatic rings. The maximum atomic E-state index is 5.98. The van der Waals surface area contributed by atoms with Crippen LogP contribution in [-0.4, -0.2) is 35.6 Å². The fourth-order valence-electron chi connectivity index (χ4n) is 3.43. The summed E-state index contributed by atoms with van der Waals surface area (Å²) in [7, 11) is 1.97. The lowest BCUT2D eigenvalue weighted by Crippen LogP contribution is -2.34. The molecule has 0 aliphatic carbocycles. The van der Waals surface area contributed by atoms with Gasteiger partial charge < -0.3 is 14.8 Å². The highest BCUT2D eigenvalue weighted by atomic mass is 16.5. The van der Waals surface area contributed by atoms with Crippen LogP contribution in [0.25, 0.3) is 6.08 Å². The molecular weight excluding hydrogens is 302 g/mol. The summed E-state index contributed by atoms with van der Waals surface area (Å²) in [5, 5.41) is 8.00. The highest BCUT2D eigenvalue weighted by Gasteiger charge is 2.31. The Kier molecular flexibility index (Phi) is 4.12. The van der Waals surface area contributed by atoms with Crippen LogP contribution in [0.5, 0.6) is 5.75 Å². The Labute approximate surface area is 142 Å².